The molecule has 0 radical (unpaired) electrons. The largest absolute Gasteiger partial charge is 0.493 e. The van der Waals surface area contributed by atoms with E-state index in [1.165, 1.54) is 23.5 Å². The molecule has 0 bridgehead atoms. The van der Waals surface area contributed by atoms with Crippen LogP contribution in [0.2, 0.25) is 0 Å². The highest BCUT2D eigenvalue weighted by Gasteiger charge is 2.17. The molecule has 162 valence electrons. The van der Waals surface area contributed by atoms with Gasteiger partial charge in [0.1, 0.15) is 5.75 Å². The fourth-order valence-corrected chi connectivity index (χ4v) is 5.93. The van der Waals surface area contributed by atoms with Crippen LogP contribution >= 0.6 is 23.5 Å². The first-order chi connectivity index (χ1) is 14.6. The minimum atomic E-state index is -0.203. The van der Waals surface area contributed by atoms with E-state index < -0.39 is 0 Å². The van der Waals surface area contributed by atoms with Crippen molar-refractivity contribution in [3.63, 3.8) is 0 Å². The Morgan fingerprint density at radius 3 is 2.20 bits per heavy atom. The number of hydrogen-bond donors (Lipinski definition) is 1. The maximum atomic E-state index is 12.2. The standard InChI is InChI=1S/C22H27NO5S2/c1-25-18-11-15(12-19(26-2)21(18)27-3)13-23-20(24)14-28-17-7-5-16(6-8-17)22-29-9-4-10-30-22/h5-8,11-12,22H,4,9-10,13-14H2,1-3H3,(H,23,24). The van der Waals surface area contributed by atoms with E-state index in [-0.39, 0.29) is 12.5 Å². The van der Waals surface area contributed by atoms with E-state index in [4.69, 9.17) is 18.9 Å². The summed E-state index contributed by atoms with van der Waals surface area (Å²) < 4.78 is 22.1. The van der Waals surface area contributed by atoms with E-state index in [1.54, 1.807) is 21.3 Å². The van der Waals surface area contributed by atoms with E-state index >= 15 is 0 Å². The summed E-state index contributed by atoms with van der Waals surface area (Å²) in [5.41, 5.74) is 2.13. The summed E-state index contributed by atoms with van der Waals surface area (Å²) in [5.74, 6) is 4.52. The van der Waals surface area contributed by atoms with Gasteiger partial charge in [0, 0.05) is 6.54 Å². The van der Waals surface area contributed by atoms with Gasteiger partial charge >= 0.3 is 0 Å². The molecular formula is C22H27NO5S2. The van der Waals surface area contributed by atoms with Crippen molar-refractivity contribution in [2.75, 3.05) is 39.4 Å². The van der Waals surface area contributed by atoms with E-state index in [0.29, 0.717) is 34.1 Å². The second-order valence-corrected chi connectivity index (χ2v) is 9.32. The Morgan fingerprint density at radius 2 is 1.63 bits per heavy atom. The first kappa shape index (κ1) is 22.5. The Labute approximate surface area is 186 Å². The molecule has 0 spiro atoms. The Morgan fingerprint density at radius 1 is 1.00 bits per heavy atom. The number of nitrogens with one attached hydrogen (secondary N) is 1. The summed E-state index contributed by atoms with van der Waals surface area (Å²) in [6, 6.07) is 11.6. The van der Waals surface area contributed by atoms with Crippen molar-refractivity contribution in [1.29, 1.82) is 0 Å². The molecule has 1 aliphatic heterocycles. The van der Waals surface area contributed by atoms with Crippen molar-refractivity contribution in [2.24, 2.45) is 0 Å². The molecule has 0 saturated carbocycles. The molecule has 6 nitrogen and oxygen atoms in total. The lowest BCUT2D eigenvalue weighted by molar-refractivity contribution is -0.123. The molecule has 3 rings (SSSR count). The molecule has 0 atom stereocenters. The van der Waals surface area contributed by atoms with Crippen LogP contribution in [0.5, 0.6) is 23.0 Å². The predicted molar refractivity (Wildman–Crippen MR) is 122 cm³/mol. The highest BCUT2D eigenvalue weighted by Crippen LogP contribution is 2.43. The van der Waals surface area contributed by atoms with Crippen LogP contribution in [0.25, 0.3) is 0 Å². The van der Waals surface area contributed by atoms with Gasteiger partial charge < -0.3 is 24.3 Å². The Balaban J connectivity index is 1.50. The van der Waals surface area contributed by atoms with Crippen LogP contribution in [-0.4, -0.2) is 45.3 Å². The minimum Gasteiger partial charge on any atom is -0.493 e. The van der Waals surface area contributed by atoms with Crippen LogP contribution in [-0.2, 0) is 11.3 Å². The number of methoxy groups -OCH3 is 3. The number of carbonyl (C=O) groups is 1. The summed E-state index contributed by atoms with van der Waals surface area (Å²) in [6.07, 6.45) is 1.28. The van der Waals surface area contributed by atoms with Crippen molar-refractivity contribution in [1.82, 2.24) is 5.32 Å². The Kier molecular flexibility index (Phi) is 8.45. The monoisotopic (exact) mass is 449 g/mol. The molecule has 8 heteroatoms. The number of hydrogen-bond acceptors (Lipinski definition) is 7. The zero-order valence-electron chi connectivity index (χ0n) is 17.4. The second kappa shape index (κ2) is 11.3. The summed E-state index contributed by atoms with van der Waals surface area (Å²) in [7, 11) is 4.67. The number of amides is 1. The molecule has 1 aliphatic rings. The lowest BCUT2D eigenvalue weighted by Crippen LogP contribution is -2.28. The first-order valence-corrected chi connectivity index (χ1v) is 11.8. The van der Waals surface area contributed by atoms with Gasteiger partial charge in [-0.2, -0.15) is 0 Å². The van der Waals surface area contributed by atoms with Crippen molar-refractivity contribution in [3.8, 4) is 23.0 Å². The molecule has 1 fully saturated rings. The van der Waals surface area contributed by atoms with Crippen molar-refractivity contribution < 1.29 is 23.7 Å². The van der Waals surface area contributed by atoms with Gasteiger partial charge in [0.15, 0.2) is 18.1 Å². The second-order valence-electron chi connectivity index (χ2n) is 6.60. The molecule has 1 N–H and O–H groups in total. The van der Waals surface area contributed by atoms with Gasteiger partial charge in [-0.15, -0.1) is 23.5 Å². The van der Waals surface area contributed by atoms with Crippen molar-refractivity contribution in [3.05, 3.63) is 47.5 Å². The smallest absolute Gasteiger partial charge is 0.258 e. The third-order valence-corrected chi connectivity index (χ3v) is 7.58. The predicted octanol–water partition coefficient (Wildman–Crippen LogP) is 4.28. The summed E-state index contributed by atoms with van der Waals surface area (Å²) in [6.45, 7) is 0.282. The van der Waals surface area contributed by atoms with Gasteiger partial charge in [0.2, 0.25) is 5.75 Å². The Hall–Kier alpha value is -2.19. The van der Waals surface area contributed by atoms with E-state index in [1.807, 2.05) is 47.8 Å². The highest BCUT2D eigenvalue weighted by atomic mass is 32.2. The molecule has 1 amide bonds. The molecule has 1 saturated heterocycles. The average Bonchev–Trinajstić information content (AvgIpc) is 2.81. The van der Waals surface area contributed by atoms with Crippen molar-refractivity contribution in [2.45, 2.75) is 17.5 Å². The molecule has 2 aromatic carbocycles. The quantitative estimate of drug-likeness (QED) is 0.613. The van der Waals surface area contributed by atoms with E-state index in [0.717, 1.165) is 5.56 Å². The first-order valence-electron chi connectivity index (χ1n) is 9.66. The SMILES string of the molecule is COc1cc(CNC(=O)COc2ccc(C3SCCCS3)cc2)cc(OC)c1OC. The van der Waals surface area contributed by atoms with Crippen LogP contribution in [0.15, 0.2) is 36.4 Å². The topological polar surface area (TPSA) is 66.0 Å². The van der Waals surface area contributed by atoms with Crippen LogP contribution in [0, 0.1) is 0 Å². The molecule has 2 aromatic rings. The Bertz CT molecular complexity index is 813. The third-order valence-electron chi connectivity index (χ3n) is 4.56. The summed E-state index contributed by atoms with van der Waals surface area (Å²) in [4.78, 5) is 12.2. The number of carbonyl (C=O) groups excluding carboxylic acids is 1. The average molecular weight is 450 g/mol. The third kappa shape index (κ3) is 5.92. The lowest BCUT2D eigenvalue weighted by Gasteiger charge is -2.21. The van der Waals surface area contributed by atoms with Crippen LogP contribution in [0.4, 0.5) is 0 Å². The molecular weight excluding hydrogens is 422 g/mol. The molecule has 1 heterocycles. The fourth-order valence-electron chi connectivity index (χ4n) is 3.04. The lowest BCUT2D eigenvalue weighted by atomic mass is 10.1. The van der Waals surface area contributed by atoms with Crippen LogP contribution in [0.1, 0.15) is 22.1 Å². The number of rotatable bonds is 9. The van der Waals surface area contributed by atoms with E-state index in [2.05, 4.69) is 17.4 Å². The summed E-state index contributed by atoms with van der Waals surface area (Å²) >= 11 is 3.97. The zero-order valence-corrected chi connectivity index (χ0v) is 19.1. The number of ether oxygens (including phenoxy) is 4. The normalized spacial score (nSPS) is 14.1. The van der Waals surface area contributed by atoms with Crippen LogP contribution < -0.4 is 24.3 Å². The van der Waals surface area contributed by atoms with Crippen molar-refractivity contribution >= 4 is 29.4 Å². The van der Waals surface area contributed by atoms with Gasteiger partial charge in [-0.25, -0.2) is 0 Å². The minimum absolute atomic E-state index is 0.0449. The van der Waals surface area contributed by atoms with Gasteiger partial charge in [-0.1, -0.05) is 12.1 Å². The fraction of sp³-hybridized carbons (Fsp3) is 0.409. The number of thioether (sulfide) groups is 2. The molecule has 0 aliphatic carbocycles. The highest BCUT2D eigenvalue weighted by molar-refractivity contribution is 8.16. The van der Waals surface area contributed by atoms with Crippen LogP contribution in [0.3, 0.4) is 0 Å². The maximum absolute atomic E-state index is 12.2. The molecule has 0 aromatic heterocycles. The zero-order chi connectivity index (χ0) is 21.3. The van der Waals surface area contributed by atoms with Gasteiger partial charge in [-0.05, 0) is 53.3 Å². The summed E-state index contributed by atoms with van der Waals surface area (Å²) in [5, 5.41) is 2.85. The van der Waals surface area contributed by atoms with Gasteiger partial charge in [0.05, 0.1) is 25.9 Å². The molecule has 0 unspecified atom stereocenters. The van der Waals surface area contributed by atoms with E-state index in [9.17, 15) is 4.79 Å². The van der Waals surface area contributed by atoms with Gasteiger partial charge in [0.25, 0.3) is 5.91 Å². The maximum Gasteiger partial charge on any atom is 0.258 e. The van der Waals surface area contributed by atoms with Gasteiger partial charge in [-0.3, -0.25) is 4.79 Å². The molecule has 30 heavy (non-hydrogen) atoms. The number of benzene rings is 2.